The molecule has 16 heavy (non-hydrogen) atoms. The Labute approximate surface area is 103 Å². The van der Waals surface area contributed by atoms with Crippen molar-refractivity contribution >= 4 is 11.3 Å². The molecule has 92 valence electrons. The summed E-state index contributed by atoms with van der Waals surface area (Å²) in [6.45, 7) is 12.2. The Hall–Kier alpha value is -0.410. The standard InChI is InChI=1S/C13H24N2S/c1-6-14-11(13(3,4)5)7-8-12-15-10(2)9-16-12/h9,11,14H,6-8H2,1-5H3. The Morgan fingerprint density at radius 2 is 2.12 bits per heavy atom. The second-order valence-electron chi connectivity index (χ2n) is 5.40. The third-order valence-electron chi connectivity index (χ3n) is 2.81. The molecule has 0 saturated carbocycles. The maximum absolute atomic E-state index is 4.52. The zero-order chi connectivity index (χ0) is 12.2. The average molecular weight is 240 g/mol. The summed E-state index contributed by atoms with van der Waals surface area (Å²) in [5.41, 5.74) is 1.47. The molecule has 0 aliphatic heterocycles. The fourth-order valence-corrected chi connectivity index (χ4v) is 2.66. The van der Waals surface area contributed by atoms with Crippen LogP contribution in [0.4, 0.5) is 0 Å². The largest absolute Gasteiger partial charge is 0.314 e. The van der Waals surface area contributed by atoms with Crippen LogP contribution in [-0.2, 0) is 6.42 Å². The maximum Gasteiger partial charge on any atom is 0.0928 e. The van der Waals surface area contributed by atoms with Crippen molar-refractivity contribution in [3.63, 3.8) is 0 Å². The number of nitrogens with one attached hydrogen (secondary N) is 1. The molecule has 0 saturated heterocycles. The molecule has 0 aliphatic carbocycles. The Balaban J connectivity index is 2.50. The first-order valence-electron chi connectivity index (χ1n) is 6.08. The van der Waals surface area contributed by atoms with Crippen LogP contribution in [0.3, 0.4) is 0 Å². The van der Waals surface area contributed by atoms with Gasteiger partial charge in [-0.25, -0.2) is 4.98 Å². The van der Waals surface area contributed by atoms with Gasteiger partial charge in [-0.1, -0.05) is 27.7 Å². The van der Waals surface area contributed by atoms with E-state index in [1.807, 2.05) is 0 Å². The van der Waals surface area contributed by atoms with Gasteiger partial charge in [0.05, 0.1) is 5.01 Å². The number of rotatable bonds is 5. The highest BCUT2D eigenvalue weighted by atomic mass is 32.1. The Bertz CT molecular complexity index is 312. The van der Waals surface area contributed by atoms with Crippen molar-refractivity contribution in [2.75, 3.05) is 6.54 Å². The minimum Gasteiger partial charge on any atom is -0.314 e. The van der Waals surface area contributed by atoms with Crippen LogP contribution in [0.25, 0.3) is 0 Å². The van der Waals surface area contributed by atoms with Crippen molar-refractivity contribution < 1.29 is 0 Å². The molecule has 0 aliphatic rings. The van der Waals surface area contributed by atoms with Gasteiger partial charge >= 0.3 is 0 Å². The van der Waals surface area contributed by atoms with Gasteiger partial charge in [-0.15, -0.1) is 11.3 Å². The van der Waals surface area contributed by atoms with E-state index in [0.29, 0.717) is 11.5 Å². The molecule has 1 unspecified atom stereocenters. The quantitative estimate of drug-likeness (QED) is 0.853. The number of aryl methyl sites for hydroxylation is 2. The van der Waals surface area contributed by atoms with E-state index in [2.05, 4.69) is 50.3 Å². The van der Waals surface area contributed by atoms with Crippen molar-refractivity contribution in [2.45, 2.75) is 53.5 Å². The fourth-order valence-electron chi connectivity index (χ4n) is 1.87. The second kappa shape index (κ2) is 5.78. The number of aromatic nitrogens is 1. The van der Waals surface area contributed by atoms with Crippen molar-refractivity contribution in [3.8, 4) is 0 Å². The van der Waals surface area contributed by atoms with Gasteiger partial charge in [0.25, 0.3) is 0 Å². The minimum atomic E-state index is 0.322. The summed E-state index contributed by atoms with van der Waals surface area (Å²) in [6, 6.07) is 0.571. The summed E-state index contributed by atoms with van der Waals surface area (Å²) in [5, 5.41) is 6.98. The van der Waals surface area contributed by atoms with Gasteiger partial charge in [-0.3, -0.25) is 0 Å². The Morgan fingerprint density at radius 1 is 1.44 bits per heavy atom. The first-order valence-corrected chi connectivity index (χ1v) is 6.96. The van der Waals surface area contributed by atoms with E-state index in [1.165, 1.54) is 11.4 Å². The summed E-state index contributed by atoms with van der Waals surface area (Å²) in [6.07, 6.45) is 2.26. The van der Waals surface area contributed by atoms with Crippen LogP contribution in [-0.4, -0.2) is 17.6 Å². The number of hydrogen-bond acceptors (Lipinski definition) is 3. The van der Waals surface area contributed by atoms with Crippen molar-refractivity contribution in [1.29, 1.82) is 0 Å². The molecule has 3 heteroatoms. The molecular weight excluding hydrogens is 216 g/mol. The van der Waals surface area contributed by atoms with Crippen molar-refractivity contribution in [1.82, 2.24) is 10.3 Å². The molecule has 0 amide bonds. The van der Waals surface area contributed by atoms with E-state index >= 15 is 0 Å². The lowest BCUT2D eigenvalue weighted by Gasteiger charge is -2.31. The van der Waals surface area contributed by atoms with Gasteiger partial charge in [0.15, 0.2) is 0 Å². The van der Waals surface area contributed by atoms with Crippen molar-refractivity contribution in [3.05, 3.63) is 16.1 Å². The van der Waals surface area contributed by atoms with E-state index in [4.69, 9.17) is 0 Å². The summed E-state index contributed by atoms with van der Waals surface area (Å²) >= 11 is 1.78. The zero-order valence-corrected chi connectivity index (χ0v) is 11.9. The van der Waals surface area contributed by atoms with Crippen LogP contribution in [0.5, 0.6) is 0 Å². The summed E-state index contributed by atoms with van der Waals surface area (Å²) < 4.78 is 0. The third kappa shape index (κ3) is 4.22. The molecule has 1 rings (SSSR count). The topological polar surface area (TPSA) is 24.9 Å². The number of nitrogens with zero attached hydrogens (tertiary/aromatic N) is 1. The van der Waals surface area contributed by atoms with Crippen LogP contribution in [0.1, 0.15) is 44.8 Å². The molecule has 0 aromatic carbocycles. The summed E-state index contributed by atoms with van der Waals surface area (Å²) in [4.78, 5) is 4.52. The SMILES string of the molecule is CCNC(CCc1nc(C)cs1)C(C)(C)C. The van der Waals surface area contributed by atoms with Gasteiger partial charge < -0.3 is 5.32 Å². The molecule has 1 atom stereocenters. The Kier molecular flexibility index (Phi) is 4.93. The van der Waals surface area contributed by atoms with E-state index in [9.17, 15) is 0 Å². The number of thiazole rings is 1. The van der Waals surface area contributed by atoms with Crippen molar-refractivity contribution in [2.24, 2.45) is 5.41 Å². The highest BCUT2D eigenvalue weighted by molar-refractivity contribution is 7.09. The molecule has 0 fully saturated rings. The first kappa shape index (κ1) is 13.7. The molecule has 0 spiro atoms. The predicted octanol–water partition coefficient (Wildman–Crippen LogP) is 3.41. The van der Waals surface area contributed by atoms with Crippen LogP contribution in [0, 0.1) is 12.3 Å². The zero-order valence-electron chi connectivity index (χ0n) is 11.1. The molecular formula is C13H24N2S. The fraction of sp³-hybridized carbons (Fsp3) is 0.769. The van der Waals surface area contributed by atoms with Crippen LogP contribution >= 0.6 is 11.3 Å². The first-order chi connectivity index (χ1) is 7.43. The molecule has 2 nitrogen and oxygen atoms in total. The lowest BCUT2D eigenvalue weighted by Crippen LogP contribution is -2.40. The monoisotopic (exact) mass is 240 g/mol. The van der Waals surface area contributed by atoms with Gasteiger partial charge in [0, 0.05) is 23.5 Å². The van der Waals surface area contributed by atoms with Crippen LogP contribution in [0.2, 0.25) is 0 Å². The molecule has 0 bridgehead atoms. The highest BCUT2D eigenvalue weighted by Crippen LogP contribution is 2.23. The lowest BCUT2D eigenvalue weighted by molar-refractivity contribution is 0.258. The van der Waals surface area contributed by atoms with Crippen LogP contribution < -0.4 is 5.32 Å². The summed E-state index contributed by atoms with van der Waals surface area (Å²) in [7, 11) is 0. The van der Waals surface area contributed by atoms with E-state index in [1.54, 1.807) is 11.3 Å². The third-order valence-corrected chi connectivity index (χ3v) is 3.84. The van der Waals surface area contributed by atoms with Crippen LogP contribution in [0.15, 0.2) is 5.38 Å². The van der Waals surface area contributed by atoms with E-state index in [-0.39, 0.29) is 0 Å². The number of hydrogen-bond donors (Lipinski definition) is 1. The lowest BCUT2D eigenvalue weighted by atomic mass is 9.84. The van der Waals surface area contributed by atoms with Gasteiger partial charge in [0.2, 0.25) is 0 Å². The van der Waals surface area contributed by atoms with E-state index < -0.39 is 0 Å². The minimum absolute atomic E-state index is 0.322. The molecule has 1 heterocycles. The summed E-state index contributed by atoms with van der Waals surface area (Å²) in [5.74, 6) is 0. The molecule has 1 aromatic heterocycles. The predicted molar refractivity (Wildman–Crippen MR) is 72.1 cm³/mol. The van der Waals surface area contributed by atoms with Gasteiger partial charge in [-0.05, 0) is 25.3 Å². The molecule has 1 aromatic rings. The maximum atomic E-state index is 4.52. The Morgan fingerprint density at radius 3 is 2.56 bits per heavy atom. The van der Waals surface area contributed by atoms with Gasteiger partial charge in [-0.2, -0.15) is 0 Å². The highest BCUT2D eigenvalue weighted by Gasteiger charge is 2.23. The second-order valence-corrected chi connectivity index (χ2v) is 6.34. The average Bonchev–Trinajstić information content (AvgIpc) is 2.57. The van der Waals surface area contributed by atoms with E-state index in [0.717, 1.165) is 18.7 Å². The van der Waals surface area contributed by atoms with Gasteiger partial charge in [0.1, 0.15) is 0 Å². The molecule has 1 N–H and O–H groups in total. The smallest absolute Gasteiger partial charge is 0.0928 e. The molecule has 0 radical (unpaired) electrons. The normalized spacial score (nSPS) is 14.1.